The number of halogens is 1. The maximum absolute atomic E-state index is 14.9. The predicted octanol–water partition coefficient (Wildman–Crippen LogP) is 4.63. The number of fused-ring (bicyclic) bond motifs is 2. The van der Waals surface area contributed by atoms with E-state index in [0.717, 1.165) is 6.07 Å². The van der Waals surface area contributed by atoms with Crippen molar-refractivity contribution in [3.8, 4) is 11.5 Å². The normalized spacial score (nSPS) is 11.4. The van der Waals surface area contributed by atoms with E-state index >= 15 is 0 Å². The zero-order valence-corrected chi connectivity index (χ0v) is 16.4. The van der Waals surface area contributed by atoms with Crippen molar-refractivity contribution in [2.24, 2.45) is 0 Å². The first kappa shape index (κ1) is 19.6. The van der Waals surface area contributed by atoms with E-state index in [4.69, 9.17) is 8.83 Å². The minimum Gasteiger partial charge on any atom is -0.507 e. The van der Waals surface area contributed by atoms with Gasteiger partial charge in [-0.1, -0.05) is 42.5 Å². The highest BCUT2D eigenvalue weighted by molar-refractivity contribution is 5.86. The fourth-order valence-corrected chi connectivity index (χ4v) is 3.97. The van der Waals surface area contributed by atoms with Crippen LogP contribution in [0.4, 0.5) is 4.39 Å². The van der Waals surface area contributed by atoms with E-state index in [1.54, 1.807) is 24.3 Å². The van der Waals surface area contributed by atoms with Crippen molar-refractivity contribution in [1.82, 2.24) is 0 Å². The van der Waals surface area contributed by atoms with Crippen LogP contribution in [0, 0.1) is 5.82 Å². The lowest BCUT2D eigenvalue weighted by atomic mass is 9.84. The van der Waals surface area contributed by atoms with Crippen molar-refractivity contribution in [2.45, 2.75) is 5.92 Å². The maximum Gasteiger partial charge on any atom is 0.344 e. The van der Waals surface area contributed by atoms with Crippen molar-refractivity contribution >= 4 is 21.9 Å². The molecule has 0 aliphatic carbocycles. The van der Waals surface area contributed by atoms with Gasteiger partial charge in [0, 0.05) is 5.56 Å². The van der Waals surface area contributed by atoms with Crippen LogP contribution in [0.2, 0.25) is 0 Å². The van der Waals surface area contributed by atoms with E-state index in [1.807, 2.05) is 0 Å². The fourth-order valence-electron chi connectivity index (χ4n) is 3.97. The molecule has 0 unspecified atom stereocenters. The third kappa shape index (κ3) is 2.94. The highest BCUT2D eigenvalue weighted by Gasteiger charge is 2.33. The topological polar surface area (TPSA) is 101 Å². The molecule has 5 rings (SSSR count). The van der Waals surface area contributed by atoms with E-state index in [-0.39, 0.29) is 38.6 Å². The maximum atomic E-state index is 14.9. The molecule has 6 nitrogen and oxygen atoms in total. The summed E-state index contributed by atoms with van der Waals surface area (Å²) in [6.07, 6.45) is 0. The zero-order valence-electron chi connectivity index (χ0n) is 16.4. The van der Waals surface area contributed by atoms with Gasteiger partial charge in [-0.05, 0) is 30.3 Å². The molecule has 0 fully saturated rings. The second kappa shape index (κ2) is 7.39. The third-order valence-corrected chi connectivity index (χ3v) is 5.43. The minimum absolute atomic E-state index is 0.108. The SMILES string of the molecule is O=c1oc2ccccc2c(O)c1C(c1ccccc1F)c1c(O)c2ccccc2oc1=O. The molecule has 0 saturated heterocycles. The van der Waals surface area contributed by atoms with Crippen molar-refractivity contribution in [3.05, 3.63) is 116 Å². The van der Waals surface area contributed by atoms with Crippen LogP contribution in [0.3, 0.4) is 0 Å². The summed E-state index contributed by atoms with van der Waals surface area (Å²) < 4.78 is 25.6. The van der Waals surface area contributed by atoms with Crippen LogP contribution in [-0.2, 0) is 0 Å². The van der Waals surface area contributed by atoms with Crippen LogP contribution in [0.15, 0.2) is 91.2 Å². The number of rotatable bonds is 3. The minimum atomic E-state index is -1.49. The van der Waals surface area contributed by atoms with E-state index in [0.29, 0.717) is 0 Å². The van der Waals surface area contributed by atoms with Crippen LogP contribution in [0.1, 0.15) is 22.6 Å². The van der Waals surface area contributed by atoms with Gasteiger partial charge in [0.05, 0.1) is 27.8 Å². The second-order valence-corrected chi connectivity index (χ2v) is 7.25. The predicted molar refractivity (Wildman–Crippen MR) is 116 cm³/mol. The lowest BCUT2D eigenvalue weighted by molar-refractivity contribution is 0.439. The van der Waals surface area contributed by atoms with Gasteiger partial charge in [0.2, 0.25) is 0 Å². The number of benzene rings is 3. The Labute approximate surface area is 179 Å². The van der Waals surface area contributed by atoms with Gasteiger partial charge in [0.1, 0.15) is 28.5 Å². The second-order valence-electron chi connectivity index (χ2n) is 7.25. The van der Waals surface area contributed by atoms with Gasteiger partial charge in [-0.25, -0.2) is 14.0 Å². The molecule has 0 amide bonds. The molecular weight excluding hydrogens is 415 g/mol. The first-order valence-corrected chi connectivity index (χ1v) is 9.71. The Morgan fingerprint density at radius 1 is 0.656 bits per heavy atom. The summed E-state index contributed by atoms with van der Waals surface area (Å²) >= 11 is 0. The fraction of sp³-hybridized carbons (Fsp3) is 0.0400. The largest absolute Gasteiger partial charge is 0.507 e. The van der Waals surface area contributed by atoms with E-state index < -0.39 is 34.5 Å². The summed E-state index contributed by atoms with van der Waals surface area (Å²) in [6, 6.07) is 18.1. The molecule has 0 saturated carbocycles. The molecule has 7 heteroatoms. The quantitative estimate of drug-likeness (QED) is 0.405. The Hall–Kier alpha value is -4.39. The number of aromatic hydroxyl groups is 2. The Kier molecular flexibility index (Phi) is 4.52. The van der Waals surface area contributed by atoms with E-state index in [1.165, 1.54) is 42.5 Å². The molecule has 0 atom stereocenters. The van der Waals surface area contributed by atoms with Gasteiger partial charge in [0.25, 0.3) is 0 Å². The Morgan fingerprint density at radius 3 is 1.59 bits per heavy atom. The molecule has 32 heavy (non-hydrogen) atoms. The molecule has 2 heterocycles. The van der Waals surface area contributed by atoms with Gasteiger partial charge in [0.15, 0.2) is 0 Å². The highest BCUT2D eigenvalue weighted by atomic mass is 19.1. The van der Waals surface area contributed by atoms with E-state index in [9.17, 15) is 24.2 Å². The monoisotopic (exact) mass is 430 g/mol. The molecule has 3 aromatic carbocycles. The average molecular weight is 430 g/mol. The molecule has 0 radical (unpaired) electrons. The lowest BCUT2D eigenvalue weighted by Crippen LogP contribution is -2.22. The number of hydrogen-bond acceptors (Lipinski definition) is 6. The smallest absolute Gasteiger partial charge is 0.344 e. The lowest BCUT2D eigenvalue weighted by Gasteiger charge is -2.20. The van der Waals surface area contributed by atoms with Gasteiger partial charge in [-0.15, -0.1) is 0 Å². The first-order chi connectivity index (χ1) is 15.5. The molecule has 0 aliphatic heterocycles. The first-order valence-electron chi connectivity index (χ1n) is 9.71. The molecule has 0 bridgehead atoms. The summed E-state index contributed by atoms with van der Waals surface area (Å²) in [5, 5.41) is 22.4. The molecule has 158 valence electrons. The van der Waals surface area contributed by atoms with Gasteiger partial charge >= 0.3 is 11.3 Å². The third-order valence-electron chi connectivity index (χ3n) is 5.43. The summed E-state index contributed by atoms with van der Waals surface area (Å²) in [4.78, 5) is 26.0. The molecule has 0 spiro atoms. The number of para-hydroxylation sites is 2. The van der Waals surface area contributed by atoms with Gasteiger partial charge < -0.3 is 19.0 Å². The standard InChI is InChI=1S/C25H15FO6/c26-16-10-4-1-7-13(16)19(20-22(27)14-8-2-5-11-17(14)31-24(20)29)21-23(28)15-9-3-6-12-18(15)32-25(21)30/h1-12,19,27-28H. The van der Waals surface area contributed by atoms with Crippen LogP contribution in [-0.4, -0.2) is 10.2 Å². The van der Waals surface area contributed by atoms with E-state index in [2.05, 4.69) is 0 Å². The Bertz CT molecular complexity index is 1520. The molecule has 5 aromatic rings. The van der Waals surface area contributed by atoms with Crippen LogP contribution in [0.5, 0.6) is 11.5 Å². The van der Waals surface area contributed by atoms with Crippen molar-refractivity contribution in [3.63, 3.8) is 0 Å². The highest BCUT2D eigenvalue weighted by Crippen LogP contribution is 2.42. The molecular formula is C25H15FO6. The summed E-state index contributed by atoms with van der Waals surface area (Å²) in [6.45, 7) is 0. The van der Waals surface area contributed by atoms with Crippen molar-refractivity contribution < 1.29 is 23.4 Å². The van der Waals surface area contributed by atoms with Crippen LogP contribution < -0.4 is 11.3 Å². The Balaban J connectivity index is 1.94. The number of hydrogen-bond donors (Lipinski definition) is 2. The summed E-state index contributed by atoms with van der Waals surface area (Å²) in [5.74, 6) is -3.18. The average Bonchev–Trinajstić information content (AvgIpc) is 2.78. The van der Waals surface area contributed by atoms with Crippen LogP contribution >= 0.6 is 0 Å². The molecule has 2 N–H and O–H groups in total. The Morgan fingerprint density at radius 2 is 1.09 bits per heavy atom. The molecule has 0 aliphatic rings. The van der Waals surface area contributed by atoms with Gasteiger partial charge in [-0.2, -0.15) is 0 Å². The molecule has 2 aromatic heterocycles. The van der Waals surface area contributed by atoms with Gasteiger partial charge in [-0.3, -0.25) is 0 Å². The van der Waals surface area contributed by atoms with Crippen molar-refractivity contribution in [1.29, 1.82) is 0 Å². The zero-order chi connectivity index (χ0) is 22.4. The van der Waals surface area contributed by atoms with Crippen molar-refractivity contribution in [2.75, 3.05) is 0 Å². The summed E-state index contributed by atoms with van der Waals surface area (Å²) in [5.41, 5.74) is -2.56. The summed E-state index contributed by atoms with van der Waals surface area (Å²) in [7, 11) is 0. The van der Waals surface area contributed by atoms with Crippen LogP contribution in [0.25, 0.3) is 21.9 Å².